The molecular weight excluding hydrogens is 316 g/mol. The summed E-state index contributed by atoms with van der Waals surface area (Å²) in [4.78, 5) is 13.2. The smallest absolute Gasteiger partial charge is 0.151 e. The van der Waals surface area contributed by atoms with Crippen molar-refractivity contribution in [1.82, 2.24) is 5.32 Å². The molecule has 5 heteroatoms. The van der Waals surface area contributed by atoms with Gasteiger partial charge in [0.05, 0.1) is 5.02 Å². The van der Waals surface area contributed by atoms with Crippen molar-refractivity contribution in [3.8, 4) is 0 Å². The van der Waals surface area contributed by atoms with Crippen molar-refractivity contribution in [3.63, 3.8) is 0 Å². The Balaban J connectivity index is 1.52. The standard InChI is InChI=1S/C17H23ClN2OS/c18-17-11-14(2-1-13(17)12-21)20-9-5-16(6-10-20)22-15-3-7-19-8-4-15/h1-2,11-12,15-16,19H,3-10H2. The van der Waals surface area contributed by atoms with Crippen molar-refractivity contribution < 1.29 is 4.79 Å². The summed E-state index contributed by atoms with van der Waals surface area (Å²) in [6.45, 7) is 4.52. The van der Waals surface area contributed by atoms with Gasteiger partial charge in [-0.2, -0.15) is 11.8 Å². The van der Waals surface area contributed by atoms with Crippen LogP contribution in [0.5, 0.6) is 0 Å². The van der Waals surface area contributed by atoms with Gasteiger partial charge in [-0.3, -0.25) is 4.79 Å². The zero-order valence-corrected chi connectivity index (χ0v) is 14.3. The highest BCUT2D eigenvalue weighted by molar-refractivity contribution is 8.00. The molecule has 0 unspecified atom stereocenters. The van der Waals surface area contributed by atoms with Gasteiger partial charge in [-0.1, -0.05) is 11.6 Å². The van der Waals surface area contributed by atoms with Crippen molar-refractivity contribution in [2.45, 2.75) is 36.2 Å². The number of rotatable bonds is 4. The second-order valence-corrected chi connectivity index (χ2v) is 8.11. The molecule has 0 atom stereocenters. The third-order valence-corrected chi connectivity index (χ3v) is 6.63. The minimum atomic E-state index is 0.554. The first-order chi connectivity index (χ1) is 10.8. The van der Waals surface area contributed by atoms with E-state index in [0.29, 0.717) is 10.6 Å². The third-order valence-electron chi connectivity index (χ3n) is 4.59. The van der Waals surface area contributed by atoms with Crippen LogP contribution in [0.4, 0.5) is 5.69 Å². The van der Waals surface area contributed by atoms with E-state index in [1.807, 2.05) is 18.2 Å². The van der Waals surface area contributed by atoms with Crippen LogP contribution in [0.3, 0.4) is 0 Å². The van der Waals surface area contributed by atoms with Crippen LogP contribution in [0.2, 0.25) is 5.02 Å². The Bertz CT molecular complexity index is 511. The van der Waals surface area contributed by atoms with Gasteiger partial charge in [0.1, 0.15) is 0 Å². The van der Waals surface area contributed by atoms with E-state index in [1.165, 1.54) is 38.8 Å². The fourth-order valence-electron chi connectivity index (χ4n) is 3.26. The van der Waals surface area contributed by atoms with Gasteiger partial charge >= 0.3 is 0 Å². The van der Waals surface area contributed by atoms with E-state index >= 15 is 0 Å². The minimum Gasteiger partial charge on any atom is -0.371 e. The van der Waals surface area contributed by atoms with Gasteiger partial charge in [0.15, 0.2) is 6.29 Å². The number of aldehydes is 1. The van der Waals surface area contributed by atoms with Gasteiger partial charge in [0.2, 0.25) is 0 Å². The lowest BCUT2D eigenvalue weighted by Gasteiger charge is -2.35. The van der Waals surface area contributed by atoms with E-state index in [0.717, 1.165) is 35.6 Å². The van der Waals surface area contributed by atoms with E-state index in [2.05, 4.69) is 22.0 Å². The minimum absolute atomic E-state index is 0.554. The molecule has 0 aliphatic carbocycles. The topological polar surface area (TPSA) is 32.3 Å². The first-order valence-corrected chi connectivity index (χ1v) is 9.44. The summed E-state index contributed by atoms with van der Waals surface area (Å²) in [6.07, 6.45) is 5.92. The van der Waals surface area contributed by atoms with Gasteiger partial charge in [0.25, 0.3) is 0 Å². The van der Waals surface area contributed by atoms with Gasteiger partial charge < -0.3 is 10.2 Å². The summed E-state index contributed by atoms with van der Waals surface area (Å²) in [7, 11) is 0. The number of anilines is 1. The Labute approximate surface area is 141 Å². The highest BCUT2D eigenvalue weighted by Gasteiger charge is 2.24. The maximum atomic E-state index is 10.8. The molecule has 2 heterocycles. The zero-order chi connectivity index (χ0) is 15.4. The largest absolute Gasteiger partial charge is 0.371 e. The van der Waals surface area contributed by atoms with Crippen molar-refractivity contribution in [2.24, 2.45) is 0 Å². The molecule has 3 nitrogen and oxygen atoms in total. The monoisotopic (exact) mass is 338 g/mol. The average Bonchev–Trinajstić information content (AvgIpc) is 2.56. The molecule has 2 saturated heterocycles. The van der Waals surface area contributed by atoms with Crippen molar-refractivity contribution in [3.05, 3.63) is 28.8 Å². The first kappa shape index (κ1) is 16.2. The molecule has 0 saturated carbocycles. The molecule has 0 radical (unpaired) electrons. The van der Waals surface area contributed by atoms with E-state index in [1.54, 1.807) is 0 Å². The Morgan fingerprint density at radius 1 is 1.14 bits per heavy atom. The van der Waals surface area contributed by atoms with Crippen LogP contribution in [0.1, 0.15) is 36.0 Å². The molecule has 3 rings (SSSR count). The van der Waals surface area contributed by atoms with Crippen LogP contribution in [0, 0.1) is 0 Å². The number of nitrogens with zero attached hydrogens (tertiary/aromatic N) is 1. The van der Waals surface area contributed by atoms with Crippen LogP contribution >= 0.6 is 23.4 Å². The Morgan fingerprint density at radius 2 is 1.82 bits per heavy atom. The van der Waals surface area contributed by atoms with Gasteiger partial charge in [-0.05, 0) is 57.0 Å². The molecule has 0 spiro atoms. The number of benzene rings is 1. The number of hydrogen-bond acceptors (Lipinski definition) is 4. The molecule has 2 fully saturated rings. The summed E-state index contributed by atoms with van der Waals surface area (Å²) in [5.41, 5.74) is 1.71. The SMILES string of the molecule is O=Cc1ccc(N2CCC(SC3CCNCC3)CC2)cc1Cl. The first-order valence-electron chi connectivity index (χ1n) is 8.12. The van der Waals surface area contributed by atoms with E-state index in [4.69, 9.17) is 11.6 Å². The Hall–Kier alpha value is -0.710. The highest BCUT2D eigenvalue weighted by atomic mass is 35.5. The van der Waals surface area contributed by atoms with Crippen LogP contribution in [0.15, 0.2) is 18.2 Å². The molecule has 1 N–H and O–H groups in total. The lowest BCUT2D eigenvalue weighted by Crippen LogP contribution is -2.36. The van der Waals surface area contributed by atoms with Crippen LogP contribution < -0.4 is 10.2 Å². The Morgan fingerprint density at radius 3 is 2.45 bits per heavy atom. The normalized spacial score (nSPS) is 21.0. The molecule has 1 aromatic carbocycles. The van der Waals surface area contributed by atoms with Crippen molar-refractivity contribution in [2.75, 3.05) is 31.1 Å². The van der Waals surface area contributed by atoms with Crippen molar-refractivity contribution >= 4 is 35.3 Å². The number of halogens is 1. The fourth-order valence-corrected chi connectivity index (χ4v) is 5.02. The molecule has 0 aromatic heterocycles. The van der Waals surface area contributed by atoms with Crippen LogP contribution in [0.25, 0.3) is 0 Å². The second-order valence-electron chi connectivity index (χ2n) is 6.10. The van der Waals surface area contributed by atoms with E-state index in [9.17, 15) is 4.79 Å². The number of piperidine rings is 2. The quantitative estimate of drug-likeness (QED) is 0.850. The molecule has 22 heavy (non-hydrogen) atoms. The summed E-state index contributed by atoms with van der Waals surface area (Å²) >= 11 is 8.35. The number of carbonyl (C=O) groups is 1. The second kappa shape index (κ2) is 7.71. The van der Waals surface area contributed by atoms with Gasteiger partial charge in [-0.15, -0.1) is 0 Å². The summed E-state index contributed by atoms with van der Waals surface area (Å²) in [6, 6.07) is 5.75. The predicted molar refractivity (Wildman–Crippen MR) is 95.6 cm³/mol. The maximum Gasteiger partial charge on any atom is 0.151 e. The lowest BCUT2D eigenvalue weighted by molar-refractivity contribution is 0.112. The number of nitrogens with one attached hydrogen (secondary N) is 1. The molecule has 0 bridgehead atoms. The van der Waals surface area contributed by atoms with E-state index < -0.39 is 0 Å². The average molecular weight is 339 g/mol. The number of thioether (sulfide) groups is 1. The zero-order valence-electron chi connectivity index (χ0n) is 12.8. The third kappa shape index (κ3) is 3.98. The van der Waals surface area contributed by atoms with Gasteiger partial charge in [-0.25, -0.2) is 0 Å². The molecule has 0 amide bonds. The van der Waals surface area contributed by atoms with Crippen molar-refractivity contribution in [1.29, 1.82) is 0 Å². The molecule has 1 aromatic rings. The highest BCUT2D eigenvalue weighted by Crippen LogP contribution is 2.33. The maximum absolute atomic E-state index is 10.8. The van der Waals surface area contributed by atoms with Gasteiger partial charge in [0, 0.05) is 34.8 Å². The summed E-state index contributed by atoms with van der Waals surface area (Å²) < 4.78 is 0. The van der Waals surface area contributed by atoms with E-state index in [-0.39, 0.29) is 0 Å². The predicted octanol–water partition coefficient (Wildman–Crippen LogP) is 3.61. The number of hydrogen-bond donors (Lipinski definition) is 1. The molecular formula is C17H23ClN2OS. The van der Waals surface area contributed by atoms with Crippen LogP contribution in [-0.4, -0.2) is 43.0 Å². The molecule has 2 aliphatic rings. The lowest BCUT2D eigenvalue weighted by atomic mass is 10.1. The van der Waals surface area contributed by atoms with Crippen LogP contribution in [-0.2, 0) is 0 Å². The Kier molecular flexibility index (Phi) is 5.66. The summed E-state index contributed by atoms with van der Waals surface area (Å²) in [5.74, 6) is 0. The molecule has 2 aliphatic heterocycles. The summed E-state index contributed by atoms with van der Waals surface area (Å²) in [5, 5.41) is 5.63. The molecule has 120 valence electrons. The fraction of sp³-hybridized carbons (Fsp3) is 0.588. The number of carbonyl (C=O) groups excluding carboxylic acids is 1.